The Kier molecular flexibility index (Phi) is 6.26. The number of halogens is 1. The lowest BCUT2D eigenvalue weighted by molar-refractivity contribution is 0.0696. The van der Waals surface area contributed by atoms with E-state index in [0.717, 1.165) is 6.20 Å². The van der Waals surface area contributed by atoms with Gasteiger partial charge in [0.15, 0.2) is 0 Å². The molecule has 30 heavy (non-hydrogen) atoms. The number of rotatable bonds is 7. The number of carbonyl (C=O) groups excluding carboxylic acids is 1. The summed E-state index contributed by atoms with van der Waals surface area (Å²) in [5.41, 5.74) is 0.231. The van der Waals surface area contributed by atoms with E-state index >= 15 is 0 Å². The number of benzene rings is 2. The Morgan fingerprint density at radius 3 is 2.40 bits per heavy atom. The second kappa shape index (κ2) is 9.04. The lowest BCUT2D eigenvalue weighted by Gasteiger charge is -2.14. The van der Waals surface area contributed by atoms with Crippen molar-refractivity contribution in [2.45, 2.75) is 20.0 Å². The lowest BCUT2D eigenvalue weighted by Crippen LogP contribution is -2.14. The van der Waals surface area contributed by atoms with Crippen molar-refractivity contribution in [2.24, 2.45) is 0 Å². The number of amides is 1. The first kappa shape index (κ1) is 20.8. The molecule has 8 heteroatoms. The minimum absolute atomic E-state index is 0.00566. The summed E-state index contributed by atoms with van der Waals surface area (Å²) in [6.45, 7) is 3.68. The maximum atomic E-state index is 13.4. The quantitative estimate of drug-likeness (QED) is 0.583. The number of nitrogens with zero attached hydrogens (tertiary/aromatic N) is 1. The monoisotopic (exact) mass is 410 g/mol. The van der Waals surface area contributed by atoms with Crippen LogP contribution in [0.25, 0.3) is 0 Å². The van der Waals surface area contributed by atoms with E-state index in [1.54, 1.807) is 18.2 Å². The Labute approximate surface area is 172 Å². The van der Waals surface area contributed by atoms with Crippen LogP contribution in [-0.4, -0.2) is 28.1 Å². The molecule has 0 atom stereocenters. The Morgan fingerprint density at radius 1 is 1.00 bits per heavy atom. The van der Waals surface area contributed by atoms with Gasteiger partial charge >= 0.3 is 5.97 Å². The van der Waals surface area contributed by atoms with E-state index in [9.17, 15) is 14.0 Å². The number of pyridine rings is 1. The Balaban J connectivity index is 1.86. The Morgan fingerprint density at radius 2 is 1.77 bits per heavy atom. The van der Waals surface area contributed by atoms with Crippen LogP contribution in [0.15, 0.2) is 60.8 Å². The zero-order chi connectivity index (χ0) is 21.7. The molecule has 3 rings (SSSR count). The highest BCUT2D eigenvalue weighted by Crippen LogP contribution is 2.29. The van der Waals surface area contributed by atoms with Crippen LogP contribution in [0.4, 0.5) is 10.2 Å². The van der Waals surface area contributed by atoms with Gasteiger partial charge in [-0.1, -0.05) is 6.07 Å². The van der Waals surface area contributed by atoms with Gasteiger partial charge in [-0.2, -0.15) is 0 Å². The van der Waals surface area contributed by atoms with Crippen molar-refractivity contribution >= 4 is 17.7 Å². The summed E-state index contributed by atoms with van der Waals surface area (Å²) in [5, 5.41) is 11.5. The summed E-state index contributed by atoms with van der Waals surface area (Å²) in [7, 11) is 0. The fraction of sp³-hybridized carbons (Fsp3) is 0.136. The molecule has 0 bridgehead atoms. The van der Waals surface area contributed by atoms with Gasteiger partial charge in [0, 0.05) is 23.9 Å². The van der Waals surface area contributed by atoms with Crippen LogP contribution in [0, 0.1) is 5.82 Å². The van der Waals surface area contributed by atoms with E-state index < -0.39 is 17.7 Å². The SMILES string of the molecule is CC(C)Oc1cc(Oc2cccc(F)c2)cc(C(=O)Nc2ccc(C(=O)O)cn2)c1. The van der Waals surface area contributed by atoms with Crippen LogP contribution in [-0.2, 0) is 0 Å². The van der Waals surface area contributed by atoms with Crippen LogP contribution in [0.1, 0.15) is 34.6 Å². The number of carboxylic acid groups (broad SMARTS) is 1. The first-order valence-electron chi connectivity index (χ1n) is 9.06. The zero-order valence-electron chi connectivity index (χ0n) is 16.3. The highest BCUT2D eigenvalue weighted by molar-refractivity contribution is 6.04. The molecule has 0 saturated heterocycles. The van der Waals surface area contributed by atoms with Crippen molar-refractivity contribution in [3.05, 3.63) is 77.7 Å². The minimum Gasteiger partial charge on any atom is -0.491 e. The van der Waals surface area contributed by atoms with Crippen LogP contribution in [0.2, 0.25) is 0 Å². The Bertz CT molecular complexity index is 1070. The maximum absolute atomic E-state index is 13.4. The van der Waals surface area contributed by atoms with E-state index in [-0.39, 0.29) is 34.5 Å². The molecule has 0 fully saturated rings. The third-order valence-corrected chi connectivity index (χ3v) is 3.80. The van der Waals surface area contributed by atoms with E-state index in [1.807, 2.05) is 13.8 Å². The predicted octanol–water partition coefficient (Wildman–Crippen LogP) is 4.75. The topological polar surface area (TPSA) is 97.8 Å². The largest absolute Gasteiger partial charge is 0.491 e. The number of carbonyl (C=O) groups is 2. The van der Waals surface area contributed by atoms with Crippen LogP contribution in [0.3, 0.4) is 0 Å². The molecule has 0 unspecified atom stereocenters. The molecule has 0 spiro atoms. The van der Waals surface area contributed by atoms with E-state index in [0.29, 0.717) is 5.75 Å². The molecule has 0 saturated carbocycles. The van der Waals surface area contributed by atoms with Crippen LogP contribution < -0.4 is 14.8 Å². The molecule has 2 N–H and O–H groups in total. The van der Waals surface area contributed by atoms with Gasteiger partial charge in [-0.25, -0.2) is 14.2 Å². The molecule has 0 aliphatic carbocycles. The Hall–Kier alpha value is -3.94. The zero-order valence-corrected chi connectivity index (χ0v) is 16.3. The summed E-state index contributed by atoms with van der Waals surface area (Å²) in [6, 6.07) is 13.0. The smallest absolute Gasteiger partial charge is 0.337 e. The molecular weight excluding hydrogens is 391 g/mol. The summed E-state index contributed by atoms with van der Waals surface area (Å²) in [4.78, 5) is 27.5. The molecule has 2 aromatic carbocycles. The third kappa shape index (κ3) is 5.54. The van der Waals surface area contributed by atoms with E-state index in [1.165, 1.54) is 36.4 Å². The average Bonchev–Trinajstić information content (AvgIpc) is 2.67. The number of aromatic carboxylic acids is 1. The number of nitrogens with one attached hydrogen (secondary N) is 1. The molecule has 0 radical (unpaired) electrons. The van der Waals surface area contributed by atoms with Crippen molar-refractivity contribution in [1.29, 1.82) is 0 Å². The summed E-state index contributed by atoms with van der Waals surface area (Å²) in [5.74, 6) is -0.907. The van der Waals surface area contributed by atoms with Crippen molar-refractivity contribution in [1.82, 2.24) is 4.98 Å². The number of hydrogen-bond acceptors (Lipinski definition) is 5. The summed E-state index contributed by atoms with van der Waals surface area (Å²) in [6.07, 6.45) is 1.00. The van der Waals surface area contributed by atoms with Gasteiger partial charge in [-0.05, 0) is 50.2 Å². The van der Waals surface area contributed by atoms with Crippen LogP contribution in [0.5, 0.6) is 17.2 Å². The van der Waals surface area contributed by atoms with Crippen molar-refractivity contribution < 1.29 is 28.6 Å². The van der Waals surface area contributed by atoms with Gasteiger partial charge in [0.05, 0.1) is 11.7 Å². The van der Waals surface area contributed by atoms with Gasteiger partial charge in [0.2, 0.25) is 0 Å². The van der Waals surface area contributed by atoms with Gasteiger partial charge in [-0.3, -0.25) is 4.79 Å². The molecule has 1 amide bonds. The van der Waals surface area contributed by atoms with Gasteiger partial charge in [-0.15, -0.1) is 0 Å². The van der Waals surface area contributed by atoms with Crippen LogP contribution >= 0.6 is 0 Å². The van der Waals surface area contributed by atoms with Crippen molar-refractivity contribution in [3.63, 3.8) is 0 Å². The van der Waals surface area contributed by atoms with Gasteiger partial charge in [0.1, 0.15) is 28.9 Å². The minimum atomic E-state index is -1.11. The number of aromatic nitrogens is 1. The van der Waals surface area contributed by atoms with Gasteiger partial charge in [0.25, 0.3) is 5.91 Å². The number of ether oxygens (including phenoxy) is 2. The highest BCUT2D eigenvalue weighted by atomic mass is 19.1. The second-order valence-corrected chi connectivity index (χ2v) is 6.61. The molecule has 0 aliphatic rings. The van der Waals surface area contributed by atoms with E-state index in [2.05, 4.69) is 10.3 Å². The average molecular weight is 410 g/mol. The fourth-order valence-corrected chi connectivity index (χ4v) is 2.55. The van der Waals surface area contributed by atoms with E-state index in [4.69, 9.17) is 14.6 Å². The number of anilines is 1. The molecule has 3 aromatic rings. The molecular formula is C22H19FN2O5. The first-order valence-corrected chi connectivity index (χ1v) is 9.06. The molecule has 0 aliphatic heterocycles. The van der Waals surface area contributed by atoms with Crippen molar-refractivity contribution in [2.75, 3.05) is 5.32 Å². The highest BCUT2D eigenvalue weighted by Gasteiger charge is 2.13. The predicted molar refractivity (Wildman–Crippen MR) is 108 cm³/mol. The maximum Gasteiger partial charge on any atom is 0.337 e. The lowest BCUT2D eigenvalue weighted by atomic mass is 10.1. The molecule has 1 heterocycles. The molecule has 154 valence electrons. The number of carboxylic acids is 1. The van der Waals surface area contributed by atoms with Gasteiger partial charge < -0.3 is 19.9 Å². The summed E-state index contributed by atoms with van der Waals surface area (Å²) >= 11 is 0. The standard InChI is InChI=1S/C22H19FN2O5/c1-13(2)29-18-8-15(9-19(11-18)30-17-5-3-4-16(23)10-17)21(26)25-20-7-6-14(12-24-20)22(27)28/h3-13H,1-2H3,(H,27,28)(H,24,25,26). The fourth-order valence-electron chi connectivity index (χ4n) is 2.55. The second-order valence-electron chi connectivity index (χ2n) is 6.61. The first-order chi connectivity index (χ1) is 14.3. The number of hydrogen-bond donors (Lipinski definition) is 2. The normalized spacial score (nSPS) is 10.5. The molecule has 7 nitrogen and oxygen atoms in total. The third-order valence-electron chi connectivity index (χ3n) is 3.80. The summed E-state index contributed by atoms with van der Waals surface area (Å²) < 4.78 is 24.8. The molecule has 1 aromatic heterocycles. The van der Waals surface area contributed by atoms with Crippen molar-refractivity contribution in [3.8, 4) is 17.2 Å².